The second-order valence-corrected chi connectivity index (χ2v) is 4.92. The lowest BCUT2D eigenvalue weighted by atomic mass is 10.1. The molecule has 0 aliphatic rings. The van der Waals surface area contributed by atoms with Gasteiger partial charge in [-0.1, -0.05) is 30.1 Å². The van der Waals surface area contributed by atoms with Gasteiger partial charge in [0.05, 0.1) is 21.8 Å². The third kappa shape index (κ3) is 3.62. The van der Waals surface area contributed by atoms with Crippen LogP contribution in [0.4, 0.5) is 0 Å². The smallest absolute Gasteiger partial charge is 0.115 e. The van der Waals surface area contributed by atoms with Crippen molar-refractivity contribution in [2.24, 2.45) is 0 Å². The van der Waals surface area contributed by atoms with E-state index in [0.29, 0.717) is 10.0 Å². The topological polar surface area (TPSA) is 50.7 Å². The molecule has 0 spiro atoms. The van der Waals surface area contributed by atoms with Crippen LogP contribution in [0.3, 0.4) is 0 Å². The maximum absolute atomic E-state index is 6.23. The Morgan fingerprint density at radius 3 is 2.58 bits per heavy atom. The number of nitrogens with one attached hydrogen (secondary N) is 1. The van der Waals surface area contributed by atoms with E-state index in [-0.39, 0.29) is 6.04 Å². The van der Waals surface area contributed by atoms with E-state index in [1.54, 1.807) is 24.7 Å². The molecule has 2 aromatic rings. The van der Waals surface area contributed by atoms with Gasteiger partial charge in [-0.3, -0.25) is 4.98 Å². The van der Waals surface area contributed by atoms with Crippen LogP contribution in [-0.2, 0) is 0 Å². The van der Waals surface area contributed by atoms with Gasteiger partial charge in [0.1, 0.15) is 6.33 Å². The van der Waals surface area contributed by atoms with Crippen LogP contribution in [0.15, 0.2) is 31.0 Å². The molecule has 0 saturated heterocycles. The molecule has 0 fully saturated rings. The molecule has 2 rings (SSSR count). The van der Waals surface area contributed by atoms with Crippen molar-refractivity contribution in [1.82, 2.24) is 20.3 Å². The molecule has 0 saturated carbocycles. The molecule has 0 bridgehead atoms. The maximum Gasteiger partial charge on any atom is 0.115 e. The zero-order valence-electron chi connectivity index (χ0n) is 10.5. The number of rotatable bonds is 5. The van der Waals surface area contributed by atoms with E-state index in [2.05, 4.69) is 27.2 Å². The lowest BCUT2D eigenvalue weighted by Crippen LogP contribution is -2.24. The summed E-state index contributed by atoms with van der Waals surface area (Å²) in [7, 11) is 0. The minimum atomic E-state index is -0.133. The van der Waals surface area contributed by atoms with Crippen molar-refractivity contribution in [3.05, 3.63) is 52.3 Å². The molecule has 2 aromatic heterocycles. The summed E-state index contributed by atoms with van der Waals surface area (Å²) < 4.78 is 0. The van der Waals surface area contributed by atoms with Gasteiger partial charge in [0.15, 0.2) is 0 Å². The summed E-state index contributed by atoms with van der Waals surface area (Å²) in [5.74, 6) is 0. The molecular weight excluding hydrogens is 283 g/mol. The Labute approximate surface area is 122 Å². The second kappa shape index (κ2) is 6.80. The minimum absolute atomic E-state index is 0.133. The van der Waals surface area contributed by atoms with E-state index in [0.717, 1.165) is 24.2 Å². The van der Waals surface area contributed by atoms with E-state index in [9.17, 15) is 0 Å². The van der Waals surface area contributed by atoms with Crippen LogP contribution >= 0.6 is 23.2 Å². The van der Waals surface area contributed by atoms with Gasteiger partial charge >= 0.3 is 0 Å². The van der Waals surface area contributed by atoms with Crippen molar-refractivity contribution in [2.75, 3.05) is 6.54 Å². The highest BCUT2D eigenvalue weighted by Crippen LogP contribution is 2.27. The standard InChI is InChI=1S/C13H14Cl2N4/c1-2-3-18-12(9-5-16-8-17-6-9)13-11(15)4-10(14)7-19-13/h4-8,12,18H,2-3H2,1H3. The van der Waals surface area contributed by atoms with E-state index < -0.39 is 0 Å². The molecule has 0 amide bonds. The van der Waals surface area contributed by atoms with Crippen LogP contribution < -0.4 is 5.32 Å². The van der Waals surface area contributed by atoms with Crippen LogP contribution in [0.25, 0.3) is 0 Å². The molecule has 1 atom stereocenters. The van der Waals surface area contributed by atoms with Crippen molar-refractivity contribution in [3.8, 4) is 0 Å². The Bertz CT molecular complexity index is 533. The molecule has 19 heavy (non-hydrogen) atoms. The predicted molar refractivity (Wildman–Crippen MR) is 76.4 cm³/mol. The predicted octanol–water partition coefficient (Wildman–Crippen LogP) is 3.27. The summed E-state index contributed by atoms with van der Waals surface area (Å²) in [5, 5.41) is 4.45. The van der Waals surface area contributed by atoms with E-state index >= 15 is 0 Å². The second-order valence-electron chi connectivity index (χ2n) is 4.08. The lowest BCUT2D eigenvalue weighted by molar-refractivity contribution is 0.583. The number of hydrogen-bond acceptors (Lipinski definition) is 4. The summed E-state index contributed by atoms with van der Waals surface area (Å²) in [6, 6.07) is 1.56. The van der Waals surface area contributed by atoms with Gasteiger partial charge in [0.2, 0.25) is 0 Å². The Hall–Kier alpha value is -1.23. The summed E-state index contributed by atoms with van der Waals surface area (Å²) in [5.41, 5.74) is 1.65. The van der Waals surface area contributed by atoms with Crippen molar-refractivity contribution in [1.29, 1.82) is 0 Å². The molecule has 6 heteroatoms. The summed E-state index contributed by atoms with van der Waals surface area (Å²) in [6.45, 7) is 2.95. The fraction of sp³-hybridized carbons (Fsp3) is 0.308. The first-order valence-corrected chi connectivity index (χ1v) is 6.77. The Kier molecular flexibility index (Phi) is 5.07. The fourth-order valence-electron chi connectivity index (χ4n) is 1.76. The molecular formula is C13H14Cl2N4. The maximum atomic E-state index is 6.23. The molecule has 0 aliphatic carbocycles. The quantitative estimate of drug-likeness (QED) is 0.920. The number of hydrogen-bond donors (Lipinski definition) is 1. The highest BCUT2D eigenvalue weighted by atomic mass is 35.5. The summed E-state index contributed by atoms with van der Waals surface area (Å²) in [6.07, 6.45) is 7.61. The van der Waals surface area contributed by atoms with Crippen LogP contribution in [0.1, 0.15) is 30.6 Å². The third-order valence-corrected chi connectivity index (χ3v) is 3.13. The van der Waals surface area contributed by atoms with Gasteiger partial charge in [-0.2, -0.15) is 0 Å². The SMILES string of the molecule is CCCNC(c1cncnc1)c1ncc(Cl)cc1Cl. The normalized spacial score (nSPS) is 12.4. The molecule has 1 unspecified atom stereocenters. The van der Waals surface area contributed by atoms with Crippen LogP contribution in [-0.4, -0.2) is 21.5 Å². The molecule has 4 nitrogen and oxygen atoms in total. The molecule has 100 valence electrons. The van der Waals surface area contributed by atoms with Gasteiger partial charge in [-0.05, 0) is 19.0 Å². The number of halogens is 2. The molecule has 0 aliphatic heterocycles. The highest BCUT2D eigenvalue weighted by Gasteiger charge is 2.18. The zero-order valence-corrected chi connectivity index (χ0v) is 12.0. The van der Waals surface area contributed by atoms with Gasteiger partial charge in [-0.25, -0.2) is 9.97 Å². The Balaban J connectivity index is 2.37. The highest BCUT2D eigenvalue weighted by molar-refractivity contribution is 6.34. The molecule has 2 heterocycles. The number of aromatic nitrogens is 3. The Morgan fingerprint density at radius 1 is 1.21 bits per heavy atom. The van der Waals surface area contributed by atoms with Crippen LogP contribution in [0.2, 0.25) is 10.0 Å². The molecule has 1 N–H and O–H groups in total. The third-order valence-electron chi connectivity index (χ3n) is 2.62. The van der Waals surface area contributed by atoms with E-state index in [1.165, 1.54) is 6.33 Å². The first kappa shape index (κ1) is 14.2. The van der Waals surface area contributed by atoms with Crippen molar-refractivity contribution in [2.45, 2.75) is 19.4 Å². The van der Waals surface area contributed by atoms with Crippen molar-refractivity contribution >= 4 is 23.2 Å². The van der Waals surface area contributed by atoms with E-state index in [1.807, 2.05) is 0 Å². The van der Waals surface area contributed by atoms with E-state index in [4.69, 9.17) is 23.2 Å². The number of nitrogens with zero attached hydrogens (tertiary/aromatic N) is 3. The van der Waals surface area contributed by atoms with Crippen molar-refractivity contribution < 1.29 is 0 Å². The monoisotopic (exact) mass is 296 g/mol. The molecule has 0 radical (unpaired) electrons. The van der Waals surface area contributed by atoms with Crippen molar-refractivity contribution in [3.63, 3.8) is 0 Å². The summed E-state index contributed by atoms with van der Waals surface area (Å²) >= 11 is 12.1. The first-order chi connectivity index (χ1) is 9.22. The largest absolute Gasteiger partial charge is 0.305 e. The lowest BCUT2D eigenvalue weighted by Gasteiger charge is -2.18. The number of pyridine rings is 1. The minimum Gasteiger partial charge on any atom is -0.305 e. The average molecular weight is 297 g/mol. The fourth-order valence-corrected chi connectivity index (χ4v) is 2.25. The summed E-state index contributed by atoms with van der Waals surface area (Å²) in [4.78, 5) is 12.4. The van der Waals surface area contributed by atoms with Gasteiger partial charge in [-0.15, -0.1) is 0 Å². The zero-order chi connectivity index (χ0) is 13.7. The Morgan fingerprint density at radius 2 is 1.95 bits per heavy atom. The van der Waals surface area contributed by atoms with Gasteiger partial charge in [0, 0.05) is 24.2 Å². The van der Waals surface area contributed by atoms with Gasteiger partial charge in [0.25, 0.3) is 0 Å². The average Bonchev–Trinajstić information content (AvgIpc) is 2.42. The molecule has 0 aromatic carbocycles. The van der Waals surface area contributed by atoms with Crippen LogP contribution in [0.5, 0.6) is 0 Å². The first-order valence-electron chi connectivity index (χ1n) is 6.01. The van der Waals surface area contributed by atoms with Gasteiger partial charge < -0.3 is 5.32 Å². The van der Waals surface area contributed by atoms with Crippen LogP contribution in [0, 0.1) is 0 Å².